The summed E-state index contributed by atoms with van der Waals surface area (Å²) in [6, 6.07) is 4.98. The number of nitrogens with zero attached hydrogens (tertiary/aromatic N) is 1. The minimum absolute atomic E-state index is 0.129. The largest absolute Gasteiger partial charge is 0.508 e. The molecule has 0 spiro atoms. The molecule has 0 aliphatic carbocycles. The second-order valence-corrected chi connectivity index (χ2v) is 4.77. The number of carbonyl (C=O) groups is 1. The van der Waals surface area contributed by atoms with Crippen molar-refractivity contribution in [3.05, 3.63) is 29.3 Å². The van der Waals surface area contributed by atoms with Gasteiger partial charge in [0, 0.05) is 12.1 Å². The van der Waals surface area contributed by atoms with Crippen molar-refractivity contribution in [3.8, 4) is 5.75 Å². The highest BCUT2D eigenvalue weighted by molar-refractivity contribution is 5.94. The van der Waals surface area contributed by atoms with Crippen molar-refractivity contribution in [1.29, 1.82) is 0 Å². The standard InChI is InChI=1S/C14H22N2O2/c1-11-6-7-12(10-13(11)17)14(18)15-8-4-5-9-16(2)3/h6-7,10,17H,4-5,8-9H2,1-3H3,(H,15,18). The molecular formula is C14H22N2O2. The second kappa shape index (κ2) is 7.01. The molecule has 18 heavy (non-hydrogen) atoms. The molecule has 4 nitrogen and oxygen atoms in total. The molecule has 0 fully saturated rings. The first kappa shape index (κ1) is 14.5. The number of hydrogen-bond acceptors (Lipinski definition) is 3. The van der Waals surface area contributed by atoms with E-state index in [9.17, 15) is 9.90 Å². The van der Waals surface area contributed by atoms with E-state index in [1.54, 1.807) is 19.1 Å². The van der Waals surface area contributed by atoms with Crippen molar-refractivity contribution in [2.24, 2.45) is 0 Å². The van der Waals surface area contributed by atoms with Gasteiger partial charge in [-0.2, -0.15) is 0 Å². The first-order chi connectivity index (χ1) is 8.50. The van der Waals surface area contributed by atoms with Gasteiger partial charge in [0.05, 0.1) is 0 Å². The van der Waals surface area contributed by atoms with Crippen LogP contribution in [0.4, 0.5) is 0 Å². The van der Waals surface area contributed by atoms with Gasteiger partial charge in [-0.05, 0) is 58.1 Å². The lowest BCUT2D eigenvalue weighted by atomic mass is 10.1. The minimum atomic E-state index is -0.129. The van der Waals surface area contributed by atoms with Crippen LogP contribution < -0.4 is 5.32 Å². The molecule has 4 heteroatoms. The molecule has 1 aromatic carbocycles. The zero-order valence-corrected chi connectivity index (χ0v) is 11.4. The highest BCUT2D eigenvalue weighted by Gasteiger charge is 2.06. The van der Waals surface area contributed by atoms with Crippen molar-refractivity contribution in [1.82, 2.24) is 10.2 Å². The number of aromatic hydroxyl groups is 1. The van der Waals surface area contributed by atoms with E-state index in [1.165, 1.54) is 6.07 Å². The Kier molecular flexibility index (Phi) is 5.65. The van der Waals surface area contributed by atoms with Crippen LogP contribution in [0.5, 0.6) is 5.75 Å². The third-order valence-electron chi connectivity index (χ3n) is 2.79. The Bertz CT molecular complexity index is 403. The number of hydrogen-bond donors (Lipinski definition) is 2. The van der Waals surface area contributed by atoms with Crippen molar-refractivity contribution in [2.45, 2.75) is 19.8 Å². The average molecular weight is 250 g/mol. The monoisotopic (exact) mass is 250 g/mol. The Hall–Kier alpha value is -1.55. The molecule has 0 aromatic heterocycles. The molecule has 0 atom stereocenters. The maximum atomic E-state index is 11.8. The summed E-state index contributed by atoms with van der Waals surface area (Å²) in [7, 11) is 4.07. The third kappa shape index (κ3) is 4.75. The van der Waals surface area contributed by atoms with E-state index >= 15 is 0 Å². The number of amides is 1. The summed E-state index contributed by atoms with van der Waals surface area (Å²) in [5, 5.41) is 12.4. The molecule has 0 radical (unpaired) electrons. The van der Waals surface area contributed by atoms with Gasteiger partial charge in [-0.3, -0.25) is 4.79 Å². The Morgan fingerprint density at radius 1 is 1.33 bits per heavy atom. The highest BCUT2D eigenvalue weighted by Crippen LogP contribution is 2.17. The Balaban J connectivity index is 2.34. The van der Waals surface area contributed by atoms with Gasteiger partial charge in [0.2, 0.25) is 0 Å². The number of phenolic OH excluding ortho intramolecular Hbond substituents is 1. The fourth-order valence-corrected chi connectivity index (χ4v) is 1.61. The topological polar surface area (TPSA) is 52.6 Å². The molecular weight excluding hydrogens is 228 g/mol. The smallest absolute Gasteiger partial charge is 0.251 e. The predicted molar refractivity (Wildman–Crippen MR) is 73.0 cm³/mol. The van der Waals surface area contributed by atoms with Crippen LogP contribution in [0.3, 0.4) is 0 Å². The van der Waals surface area contributed by atoms with Gasteiger partial charge < -0.3 is 15.3 Å². The van der Waals surface area contributed by atoms with Crippen LogP contribution in [0.1, 0.15) is 28.8 Å². The first-order valence-corrected chi connectivity index (χ1v) is 6.23. The number of carbonyl (C=O) groups excluding carboxylic acids is 1. The normalized spacial score (nSPS) is 10.7. The molecule has 1 rings (SSSR count). The van der Waals surface area contributed by atoms with E-state index in [1.807, 2.05) is 14.1 Å². The number of benzene rings is 1. The summed E-state index contributed by atoms with van der Waals surface area (Å²) < 4.78 is 0. The summed E-state index contributed by atoms with van der Waals surface area (Å²) in [5.41, 5.74) is 1.28. The quantitative estimate of drug-likeness (QED) is 0.757. The number of aryl methyl sites for hydroxylation is 1. The van der Waals surface area contributed by atoms with Crippen LogP contribution in [0, 0.1) is 6.92 Å². The van der Waals surface area contributed by atoms with E-state index in [0.29, 0.717) is 12.1 Å². The van der Waals surface area contributed by atoms with Crippen LogP contribution in [0.15, 0.2) is 18.2 Å². The molecule has 0 saturated carbocycles. The molecule has 0 unspecified atom stereocenters. The molecule has 0 heterocycles. The zero-order chi connectivity index (χ0) is 13.5. The molecule has 1 aromatic rings. The SMILES string of the molecule is Cc1ccc(C(=O)NCCCCN(C)C)cc1O. The number of rotatable bonds is 6. The van der Waals surface area contributed by atoms with Crippen LogP contribution in [-0.2, 0) is 0 Å². The number of nitrogens with one attached hydrogen (secondary N) is 1. The lowest BCUT2D eigenvalue weighted by Gasteiger charge is -2.09. The summed E-state index contributed by atoms with van der Waals surface area (Å²) in [6.07, 6.45) is 2.02. The van der Waals surface area contributed by atoms with Crippen molar-refractivity contribution >= 4 is 5.91 Å². The zero-order valence-electron chi connectivity index (χ0n) is 11.4. The molecule has 0 bridgehead atoms. The van der Waals surface area contributed by atoms with Gasteiger partial charge in [0.25, 0.3) is 5.91 Å². The Morgan fingerprint density at radius 2 is 2.06 bits per heavy atom. The van der Waals surface area contributed by atoms with E-state index in [4.69, 9.17) is 0 Å². The van der Waals surface area contributed by atoms with Gasteiger partial charge in [-0.1, -0.05) is 6.07 Å². The lowest BCUT2D eigenvalue weighted by molar-refractivity contribution is 0.0952. The molecule has 1 amide bonds. The van der Waals surface area contributed by atoms with E-state index in [-0.39, 0.29) is 11.7 Å². The summed E-state index contributed by atoms with van der Waals surface area (Å²) in [6.45, 7) is 3.50. The van der Waals surface area contributed by atoms with Crippen LogP contribution in [0.25, 0.3) is 0 Å². The van der Waals surface area contributed by atoms with Crippen molar-refractivity contribution in [3.63, 3.8) is 0 Å². The summed E-state index contributed by atoms with van der Waals surface area (Å²) >= 11 is 0. The predicted octanol–water partition coefficient (Wildman–Crippen LogP) is 1.77. The summed E-state index contributed by atoms with van der Waals surface area (Å²) in [5.74, 6) is 0.0328. The maximum absolute atomic E-state index is 11.8. The molecule has 0 saturated heterocycles. The van der Waals surface area contributed by atoms with E-state index in [2.05, 4.69) is 10.2 Å². The van der Waals surface area contributed by atoms with E-state index < -0.39 is 0 Å². The van der Waals surface area contributed by atoms with Gasteiger partial charge in [-0.25, -0.2) is 0 Å². The number of phenols is 1. The summed E-state index contributed by atoms with van der Waals surface area (Å²) in [4.78, 5) is 13.9. The van der Waals surface area contributed by atoms with Gasteiger partial charge in [-0.15, -0.1) is 0 Å². The van der Waals surface area contributed by atoms with Crippen LogP contribution in [-0.4, -0.2) is 43.1 Å². The Labute approximate surface area is 109 Å². The highest BCUT2D eigenvalue weighted by atomic mass is 16.3. The minimum Gasteiger partial charge on any atom is -0.508 e. The van der Waals surface area contributed by atoms with Gasteiger partial charge in [0.15, 0.2) is 0 Å². The molecule has 0 aliphatic rings. The molecule has 100 valence electrons. The average Bonchev–Trinajstić information content (AvgIpc) is 2.31. The van der Waals surface area contributed by atoms with Crippen molar-refractivity contribution < 1.29 is 9.90 Å². The lowest BCUT2D eigenvalue weighted by Crippen LogP contribution is -2.25. The van der Waals surface area contributed by atoms with Crippen LogP contribution in [0.2, 0.25) is 0 Å². The molecule has 2 N–H and O–H groups in total. The number of unbranched alkanes of at least 4 members (excludes halogenated alkanes) is 1. The maximum Gasteiger partial charge on any atom is 0.251 e. The second-order valence-electron chi connectivity index (χ2n) is 4.77. The van der Waals surface area contributed by atoms with Gasteiger partial charge >= 0.3 is 0 Å². The van der Waals surface area contributed by atoms with Gasteiger partial charge in [0.1, 0.15) is 5.75 Å². The van der Waals surface area contributed by atoms with Crippen LogP contribution >= 0.6 is 0 Å². The van der Waals surface area contributed by atoms with Crippen molar-refractivity contribution in [2.75, 3.05) is 27.2 Å². The molecule has 0 aliphatic heterocycles. The fraction of sp³-hybridized carbons (Fsp3) is 0.500. The Morgan fingerprint density at radius 3 is 2.67 bits per heavy atom. The fourth-order valence-electron chi connectivity index (χ4n) is 1.61. The van der Waals surface area contributed by atoms with E-state index in [0.717, 1.165) is 24.9 Å². The first-order valence-electron chi connectivity index (χ1n) is 6.23. The third-order valence-corrected chi connectivity index (χ3v) is 2.79.